The number of amides is 1. The number of hydrazone groups is 1. The Labute approximate surface area is 162 Å². The molecule has 2 aromatic rings. The van der Waals surface area contributed by atoms with E-state index in [4.69, 9.17) is 9.47 Å². The van der Waals surface area contributed by atoms with Crippen molar-refractivity contribution in [1.82, 2.24) is 5.43 Å². The SMILES string of the molecule is COc1ccc(OCC(=O)NN=Cc2cc(Br)cc(C)c2O)c(Br)c1. The molecule has 0 heterocycles. The molecule has 0 aromatic heterocycles. The summed E-state index contributed by atoms with van der Waals surface area (Å²) in [6.07, 6.45) is 1.37. The van der Waals surface area contributed by atoms with Crippen molar-refractivity contribution in [1.29, 1.82) is 0 Å². The van der Waals surface area contributed by atoms with Gasteiger partial charge in [0.05, 0.1) is 17.8 Å². The molecule has 0 radical (unpaired) electrons. The number of rotatable bonds is 6. The molecule has 0 aliphatic heterocycles. The fraction of sp³-hybridized carbons (Fsp3) is 0.176. The normalized spacial score (nSPS) is 10.7. The maximum absolute atomic E-state index is 11.8. The summed E-state index contributed by atoms with van der Waals surface area (Å²) < 4.78 is 12.0. The number of carbonyl (C=O) groups is 1. The summed E-state index contributed by atoms with van der Waals surface area (Å²) in [6.45, 7) is 1.57. The van der Waals surface area contributed by atoms with E-state index in [0.717, 1.165) is 4.47 Å². The van der Waals surface area contributed by atoms with E-state index in [1.54, 1.807) is 44.4 Å². The first-order chi connectivity index (χ1) is 11.9. The van der Waals surface area contributed by atoms with Crippen LogP contribution in [0.4, 0.5) is 0 Å². The van der Waals surface area contributed by atoms with Gasteiger partial charge in [-0.1, -0.05) is 15.9 Å². The van der Waals surface area contributed by atoms with Gasteiger partial charge in [-0.3, -0.25) is 4.79 Å². The molecule has 8 heteroatoms. The zero-order valence-electron chi connectivity index (χ0n) is 13.5. The van der Waals surface area contributed by atoms with Gasteiger partial charge in [-0.15, -0.1) is 0 Å². The summed E-state index contributed by atoms with van der Waals surface area (Å²) in [7, 11) is 1.57. The largest absolute Gasteiger partial charge is 0.507 e. The highest BCUT2D eigenvalue weighted by Crippen LogP contribution is 2.29. The van der Waals surface area contributed by atoms with Crippen molar-refractivity contribution in [2.45, 2.75) is 6.92 Å². The second kappa shape index (κ2) is 8.87. The zero-order chi connectivity index (χ0) is 18.4. The minimum atomic E-state index is -0.426. The van der Waals surface area contributed by atoms with E-state index in [-0.39, 0.29) is 12.4 Å². The molecule has 0 saturated heterocycles. The molecule has 2 N–H and O–H groups in total. The van der Waals surface area contributed by atoms with Gasteiger partial charge >= 0.3 is 0 Å². The van der Waals surface area contributed by atoms with Gasteiger partial charge in [-0.05, 0) is 58.7 Å². The zero-order valence-corrected chi connectivity index (χ0v) is 16.7. The molecule has 0 fully saturated rings. The number of methoxy groups -OCH3 is 1. The molecule has 0 saturated carbocycles. The van der Waals surface area contributed by atoms with Crippen LogP contribution >= 0.6 is 31.9 Å². The minimum Gasteiger partial charge on any atom is -0.507 e. The highest BCUT2D eigenvalue weighted by Gasteiger charge is 2.07. The van der Waals surface area contributed by atoms with E-state index in [1.165, 1.54) is 6.21 Å². The van der Waals surface area contributed by atoms with Crippen LogP contribution in [0.2, 0.25) is 0 Å². The Morgan fingerprint density at radius 3 is 2.76 bits per heavy atom. The first-order valence-corrected chi connectivity index (χ1v) is 8.76. The number of carbonyl (C=O) groups excluding carboxylic acids is 1. The number of hydrogen-bond acceptors (Lipinski definition) is 5. The van der Waals surface area contributed by atoms with Crippen LogP contribution in [0.25, 0.3) is 0 Å². The van der Waals surface area contributed by atoms with E-state index in [0.29, 0.717) is 27.1 Å². The summed E-state index contributed by atoms with van der Waals surface area (Å²) in [6, 6.07) is 8.65. The van der Waals surface area contributed by atoms with Crippen LogP contribution in [0.15, 0.2) is 44.4 Å². The van der Waals surface area contributed by atoms with Crippen molar-refractivity contribution in [3.8, 4) is 17.2 Å². The fourth-order valence-electron chi connectivity index (χ4n) is 1.93. The Kier molecular flexibility index (Phi) is 6.83. The molecule has 2 aromatic carbocycles. The van der Waals surface area contributed by atoms with E-state index in [1.807, 2.05) is 0 Å². The van der Waals surface area contributed by atoms with Crippen LogP contribution in [0, 0.1) is 6.92 Å². The average molecular weight is 472 g/mol. The third-order valence-electron chi connectivity index (χ3n) is 3.19. The maximum Gasteiger partial charge on any atom is 0.277 e. The van der Waals surface area contributed by atoms with Crippen LogP contribution in [-0.2, 0) is 4.79 Å². The van der Waals surface area contributed by atoms with Crippen molar-refractivity contribution in [3.63, 3.8) is 0 Å². The standard InChI is InChI=1S/C17H16Br2N2O4/c1-10-5-12(18)6-11(17(10)23)8-20-21-16(22)9-25-15-4-3-13(24-2)7-14(15)19/h3-8,23H,9H2,1-2H3,(H,21,22). The molecular weight excluding hydrogens is 456 g/mol. The number of ether oxygens (including phenoxy) is 2. The van der Waals surface area contributed by atoms with E-state index in [9.17, 15) is 9.90 Å². The molecule has 2 rings (SSSR count). The Morgan fingerprint density at radius 1 is 1.32 bits per heavy atom. The van der Waals surface area contributed by atoms with Gasteiger partial charge in [0.1, 0.15) is 17.2 Å². The van der Waals surface area contributed by atoms with Gasteiger partial charge in [0.25, 0.3) is 5.91 Å². The third-order valence-corrected chi connectivity index (χ3v) is 4.26. The molecule has 0 spiro atoms. The summed E-state index contributed by atoms with van der Waals surface area (Å²) in [5.41, 5.74) is 3.54. The number of phenols is 1. The number of aryl methyl sites for hydroxylation is 1. The van der Waals surface area contributed by atoms with E-state index < -0.39 is 5.91 Å². The van der Waals surface area contributed by atoms with Crippen LogP contribution in [0.5, 0.6) is 17.2 Å². The van der Waals surface area contributed by atoms with Crippen LogP contribution in [-0.4, -0.2) is 30.9 Å². The van der Waals surface area contributed by atoms with Gasteiger partial charge in [0.2, 0.25) is 0 Å². The number of nitrogens with zero attached hydrogens (tertiary/aromatic N) is 1. The second-order valence-electron chi connectivity index (χ2n) is 5.04. The first kappa shape index (κ1) is 19.3. The maximum atomic E-state index is 11.8. The molecule has 0 aliphatic rings. The third kappa shape index (κ3) is 5.47. The summed E-state index contributed by atoms with van der Waals surface area (Å²) in [5, 5.41) is 13.8. The highest BCUT2D eigenvalue weighted by molar-refractivity contribution is 9.10. The van der Waals surface area contributed by atoms with Gasteiger partial charge in [0.15, 0.2) is 6.61 Å². The second-order valence-corrected chi connectivity index (χ2v) is 6.81. The quantitative estimate of drug-likeness (QED) is 0.496. The summed E-state index contributed by atoms with van der Waals surface area (Å²) >= 11 is 6.69. The summed E-state index contributed by atoms with van der Waals surface area (Å²) in [4.78, 5) is 11.8. The lowest BCUT2D eigenvalue weighted by atomic mass is 10.1. The highest BCUT2D eigenvalue weighted by atomic mass is 79.9. The molecule has 0 bridgehead atoms. The molecule has 0 unspecified atom stereocenters. The number of hydrogen-bond donors (Lipinski definition) is 2. The first-order valence-electron chi connectivity index (χ1n) is 7.18. The van der Waals surface area contributed by atoms with Gasteiger partial charge in [-0.2, -0.15) is 5.10 Å². The number of phenolic OH excluding ortho intramolecular Hbond substituents is 1. The number of nitrogens with one attached hydrogen (secondary N) is 1. The van der Waals surface area contributed by atoms with Gasteiger partial charge in [0, 0.05) is 10.0 Å². The van der Waals surface area contributed by atoms with Crippen molar-refractivity contribution in [2.24, 2.45) is 5.10 Å². The molecule has 0 aliphatic carbocycles. The Bertz CT molecular complexity index is 809. The molecule has 6 nitrogen and oxygen atoms in total. The predicted octanol–water partition coefficient (Wildman–Crippen LogP) is 3.76. The monoisotopic (exact) mass is 470 g/mol. The van der Waals surface area contributed by atoms with Gasteiger partial charge < -0.3 is 14.6 Å². The van der Waals surface area contributed by atoms with Crippen molar-refractivity contribution in [3.05, 3.63) is 50.4 Å². The Hall–Kier alpha value is -2.06. The van der Waals surface area contributed by atoms with Crippen LogP contribution in [0.3, 0.4) is 0 Å². The van der Waals surface area contributed by atoms with Crippen molar-refractivity contribution in [2.75, 3.05) is 13.7 Å². The van der Waals surface area contributed by atoms with E-state index in [2.05, 4.69) is 42.4 Å². The predicted molar refractivity (Wildman–Crippen MR) is 102 cm³/mol. The fourth-order valence-corrected chi connectivity index (χ4v) is 3.00. The molecular formula is C17H16Br2N2O4. The Morgan fingerprint density at radius 2 is 2.08 bits per heavy atom. The Balaban J connectivity index is 1.91. The van der Waals surface area contributed by atoms with Gasteiger partial charge in [-0.25, -0.2) is 5.43 Å². The molecule has 1 amide bonds. The lowest BCUT2D eigenvalue weighted by molar-refractivity contribution is -0.123. The van der Waals surface area contributed by atoms with Crippen molar-refractivity contribution < 1.29 is 19.4 Å². The number of halogens is 2. The number of aromatic hydroxyl groups is 1. The topological polar surface area (TPSA) is 80.2 Å². The minimum absolute atomic E-state index is 0.111. The smallest absolute Gasteiger partial charge is 0.277 e. The van der Waals surface area contributed by atoms with Crippen molar-refractivity contribution >= 4 is 44.0 Å². The van der Waals surface area contributed by atoms with E-state index >= 15 is 0 Å². The molecule has 132 valence electrons. The molecule has 25 heavy (non-hydrogen) atoms. The lowest BCUT2D eigenvalue weighted by Gasteiger charge is -2.08. The average Bonchev–Trinajstić information content (AvgIpc) is 2.57. The summed E-state index contributed by atoms with van der Waals surface area (Å²) in [5.74, 6) is 0.877. The van der Waals surface area contributed by atoms with Crippen LogP contribution in [0.1, 0.15) is 11.1 Å². The van der Waals surface area contributed by atoms with Crippen LogP contribution < -0.4 is 14.9 Å². The molecule has 0 atom stereocenters. The number of benzene rings is 2. The lowest BCUT2D eigenvalue weighted by Crippen LogP contribution is -2.24.